The molecule has 0 aliphatic carbocycles. The lowest BCUT2D eigenvalue weighted by Gasteiger charge is -2.25. The van der Waals surface area contributed by atoms with Crippen molar-refractivity contribution in [2.24, 2.45) is 21.7 Å². The van der Waals surface area contributed by atoms with Crippen LogP contribution in [0.5, 0.6) is 0 Å². The van der Waals surface area contributed by atoms with Crippen molar-refractivity contribution in [3.05, 3.63) is 24.0 Å². The number of cyclic esters (lactones) is 1. The average molecular weight is 435 g/mol. The van der Waals surface area contributed by atoms with Crippen LogP contribution in [0.1, 0.15) is 0 Å². The van der Waals surface area contributed by atoms with Gasteiger partial charge in [0.15, 0.2) is 0 Å². The lowest BCUT2D eigenvalue weighted by atomic mass is 10.2. The maximum atomic E-state index is 14.9. The van der Waals surface area contributed by atoms with Gasteiger partial charge in [-0.25, -0.2) is 14.6 Å². The van der Waals surface area contributed by atoms with Crippen LogP contribution in [-0.4, -0.2) is 87.1 Å². The van der Waals surface area contributed by atoms with E-state index in [1.165, 1.54) is 16.0 Å². The summed E-state index contributed by atoms with van der Waals surface area (Å²) in [6.45, 7) is 5.30. The predicted octanol–water partition coefficient (Wildman–Crippen LogP) is -0.918. The Labute approximate surface area is 178 Å². The highest BCUT2D eigenvalue weighted by molar-refractivity contribution is 5.90. The summed E-state index contributed by atoms with van der Waals surface area (Å²) in [6, 6.07) is 4.58. The number of hydrogen-bond donors (Lipinski definition) is 3. The molecule has 2 fully saturated rings. The number of carbonyl (C=O) groups is 2. The predicted molar refractivity (Wildman–Crippen MR) is 114 cm³/mol. The molecule has 0 spiro atoms. The fourth-order valence-corrected chi connectivity index (χ4v) is 3.37. The number of hydrogen-bond acceptors (Lipinski definition) is 9. The molecule has 2 aliphatic rings. The molecule has 1 aromatic carbocycles. The van der Waals surface area contributed by atoms with Gasteiger partial charge in [-0.05, 0) is 18.2 Å². The van der Waals surface area contributed by atoms with Crippen LogP contribution in [0.25, 0.3) is 0 Å². The van der Waals surface area contributed by atoms with Crippen molar-refractivity contribution >= 4 is 36.4 Å². The van der Waals surface area contributed by atoms with Crippen LogP contribution in [-0.2, 0) is 9.53 Å². The summed E-state index contributed by atoms with van der Waals surface area (Å²) in [5, 5.41) is 9.81. The van der Waals surface area contributed by atoms with Crippen molar-refractivity contribution in [3.8, 4) is 0 Å². The number of amides is 2. The zero-order valence-electron chi connectivity index (χ0n) is 17.0. The summed E-state index contributed by atoms with van der Waals surface area (Å²) in [5.41, 5.74) is 14.6. The minimum absolute atomic E-state index is 0.136. The summed E-state index contributed by atoms with van der Waals surface area (Å²) in [4.78, 5) is 27.6. The van der Waals surface area contributed by atoms with E-state index in [9.17, 15) is 14.0 Å². The second-order valence-corrected chi connectivity index (χ2v) is 6.86. The third-order valence-electron chi connectivity index (χ3n) is 4.94. The first-order valence-electron chi connectivity index (χ1n) is 9.71. The van der Waals surface area contributed by atoms with E-state index in [0.29, 0.717) is 37.6 Å². The van der Waals surface area contributed by atoms with E-state index < -0.39 is 18.0 Å². The summed E-state index contributed by atoms with van der Waals surface area (Å²) >= 11 is 0. The van der Waals surface area contributed by atoms with Gasteiger partial charge in [0.05, 0.1) is 24.5 Å². The van der Waals surface area contributed by atoms with Crippen LogP contribution in [0.2, 0.25) is 0 Å². The van der Waals surface area contributed by atoms with E-state index in [1.54, 1.807) is 12.1 Å². The van der Waals surface area contributed by atoms with Crippen molar-refractivity contribution < 1.29 is 18.7 Å². The number of carbonyl (C=O) groups excluding carboxylic acids is 2. The molecule has 2 aliphatic heterocycles. The van der Waals surface area contributed by atoms with Gasteiger partial charge in [-0.15, -0.1) is 5.10 Å². The van der Waals surface area contributed by atoms with Crippen molar-refractivity contribution in [1.29, 1.82) is 0 Å². The number of nitrogens with zero attached hydrogens (tertiary/aromatic N) is 6. The molecule has 5 N–H and O–H groups in total. The highest BCUT2D eigenvalue weighted by atomic mass is 19.1. The number of hydrazine groups is 1. The Morgan fingerprint density at radius 2 is 2.23 bits per heavy atom. The summed E-state index contributed by atoms with van der Waals surface area (Å²) in [6.07, 6.45) is 0.0697. The third-order valence-corrected chi connectivity index (χ3v) is 4.94. The monoisotopic (exact) mass is 435 g/mol. The number of benzene rings is 1. The lowest BCUT2D eigenvalue weighted by molar-refractivity contribution is -0.135. The second kappa shape index (κ2) is 10.0. The summed E-state index contributed by atoms with van der Waals surface area (Å²) in [7, 11) is 0. The largest absolute Gasteiger partial charge is 0.443 e. The summed E-state index contributed by atoms with van der Waals surface area (Å²) in [5.74, 6) is -0.752. The zero-order chi connectivity index (χ0) is 22.4. The third kappa shape index (κ3) is 5.19. The van der Waals surface area contributed by atoms with Crippen LogP contribution in [0.15, 0.2) is 28.4 Å². The number of nitrogens with two attached hydrogens (primary N) is 2. The molecule has 0 radical (unpaired) electrons. The first-order chi connectivity index (χ1) is 15.0. The molecular formula is C18H26FN9O3. The van der Waals surface area contributed by atoms with E-state index in [-0.39, 0.29) is 25.5 Å². The van der Waals surface area contributed by atoms with Gasteiger partial charge in [-0.2, -0.15) is 10.2 Å². The number of nitrogens with one attached hydrogen (secondary N) is 1. The molecule has 3 rings (SSSR count). The molecule has 2 saturated heterocycles. The van der Waals surface area contributed by atoms with Gasteiger partial charge in [-0.1, -0.05) is 0 Å². The first kappa shape index (κ1) is 22.2. The number of ether oxygens (including phenoxy) is 1. The van der Waals surface area contributed by atoms with E-state index in [1.807, 2.05) is 4.90 Å². The van der Waals surface area contributed by atoms with E-state index in [2.05, 4.69) is 22.3 Å². The Morgan fingerprint density at radius 3 is 2.87 bits per heavy atom. The highest BCUT2D eigenvalue weighted by Crippen LogP contribution is 2.28. The Balaban J connectivity index is 1.64. The van der Waals surface area contributed by atoms with Crippen LogP contribution < -0.4 is 26.7 Å². The Morgan fingerprint density at radius 1 is 1.42 bits per heavy atom. The molecule has 1 atom stereocenters. The molecule has 168 valence electrons. The standard InChI is InChI=1S/C18H26FN9O3/c1-22-28(24-12-21)11-17(29)27-7-6-25(5-4-23-27)16-3-2-13(8-15(16)19)26-10-14(9-20)31-18(26)30/h2-3,8,12,14,23H,1,4-7,9-11,20H2,(H2,21,24)/t14-/m0/s1. The maximum Gasteiger partial charge on any atom is 0.414 e. The normalized spacial score (nSPS) is 19.5. The smallest absolute Gasteiger partial charge is 0.414 e. The number of rotatable bonds is 7. The quantitative estimate of drug-likeness (QED) is 0.283. The molecule has 2 heterocycles. The van der Waals surface area contributed by atoms with Gasteiger partial charge in [0.2, 0.25) is 0 Å². The highest BCUT2D eigenvalue weighted by Gasteiger charge is 2.32. The fourth-order valence-electron chi connectivity index (χ4n) is 3.37. The second-order valence-electron chi connectivity index (χ2n) is 6.86. The molecular weight excluding hydrogens is 409 g/mol. The van der Waals surface area contributed by atoms with Gasteiger partial charge in [0.25, 0.3) is 5.91 Å². The minimum Gasteiger partial charge on any atom is -0.443 e. The minimum atomic E-state index is -0.544. The topological polar surface area (TPSA) is 145 Å². The average Bonchev–Trinajstić information content (AvgIpc) is 2.97. The lowest BCUT2D eigenvalue weighted by Crippen LogP contribution is -2.47. The van der Waals surface area contributed by atoms with Crippen molar-refractivity contribution in [2.45, 2.75) is 6.10 Å². The van der Waals surface area contributed by atoms with Gasteiger partial charge < -0.3 is 21.1 Å². The Bertz CT molecular complexity index is 853. The molecule has 2 amide bonds. The number of halogens is 1. The van der Waals surface area contributed by atoms with Crippen LogP contribution in [0.3, 0.4) is 0 Å². The summed E-state index contributed by atoms with van der Waals surface area (Å²) < 4.78 is 20.0. The van der Waals surface area contributed by atoms with Crippen LogP contribution in [0, 0.1) is 5.82 Å². The SMILES string of the molecule is C=NN(CC(=O)N1CCN(c2ccc(N3C[C@H](CN)OC3=O)cc2F)CCN1)/N=C\N. The molecule has 12 nitrogen and oxygen atoms in total. The zero-order valence-corrected chi connectivity index (χ0v) is 17.0. The van der Waals surface area contributed by atoms with Crippen molar-refractivity contribution in [1.82, 2.24) is 15.6 Å². The van der Waals surface area contributed by atoms with E-state index in [0.717, 1.165) is 11.5 Å². The molecule has 13 heteroatoms. The molecule has 0 bridgehead atoms. The molecule has 31 heavy (non-hydrogen) atoms. The van der Waals surface area contributed by atoms with Crippen molar-refractivity contribution in [3.63, 3.8) is 0 Å². The van der Waals surface area contributed by atoms with Crippen LogP contribution in [0.4, 0.5) is 20.6 Å². The van der Waals surface area contributed by atoms with E-state index >= 15 is 0 Å². The first-order valence-corrected chi connectivity index (χ1v) is 9.71. The molecule has 0 saturated carbocycles. The van der Waals surface area contributed by atoms with Crippen molar-refractivity contribution in [2.75, 3.05) is 55.6 Å². The molecule has 0 aromatic heterocycles. The number of hydrazone groups is 2. The van der Waals surface area contributed by atoms with Gasteiger partial charge in [0.1, 0.15) is 24.8 Å². The van der Waals surface area contributed by atoms with Gasteiger partial charge >= 0.3 is 6.09 Å². The van der Waals surface area contributed by atoms with Crippen LogP contribution >= 0.6 is 0 Å². The maximum absolute atomic E-state index is 14.9. The Hall–Kier alpha value is -3.45. The van der Waals surface area contributed by atoms with Gasteiger partial charge in [-0.3, -0.25) is 14.7 Å². The number of anilines is 2. The van der Waals surface area contributed by atoms with Gasteiger partial charge in [0, 0.05) is 32.9 Å². The molecule has 0 unspecified atom stereocenters. The fraction of sp³-hybridized carbons (Fsp3) is 0.444. The molecule has 1 aromatic rings. The Kier molecular flexibility index (Phi) is 7.20. The van der Waals surface area contributed by atoms with E-state index in [4.69, 9.17) is 16.2 Å².